The summed E-state index contributed by atoms with van der Waals surface area (Å²) in [6.07, 6.45) is -0.690. The molecule has 12 heterocycles. The van der Waals surface area contributed by atoms with Gasteiger partial charge in [0.15, 0.2) is 0 Å². The summed E-state index contributed by atoms with van der Waals surface area (Å²) in [7, 11) is 6.34. The van der Waals surface area contributed by atoms with E-state index >= 15 is 0 Å². The second-order valence-electron chi connectivity index (χ2n) is 21.6. The molecule has 0 radical (unpaired) electrons. The Hall–Kier alpha value is -7.23. The largest absolute Gasteiger partial charge is 0.433 e. The third-order valence-electron chi connectivity index (χ3n) is 15.5. The summed E-state index contributed by atoms with van der Waals surface area (Å²) in [6.45, 7) is 13.8. The van der Waals surface area contributed by atoms with Crippen molar-refractivity contribution in [1.82, 2.24) is 58.3 Å². The summed E-state index contributed by atoms with van der Waals surface area (Å²) in [5.74, 6) is 0. The highest BCUT2D eigenvalue weighted by molar-refractivity contribution is 5.86. The van der Waals surface area contributed by atoms with Crippen LogP contribution in [0.5, 0.6) is 0 Å². The second-order valence-corrected chi connectivity index (χ2v) is 21.6. The first-order valence-corrected chi connectivity index (χ1v) is 27.0. The molecule has 12 rings (SSSR count). The van der Waals surface area contributed by atoms with Crippen LogP contribution in [-0.2, 0) is 96.3 Å². The molecule has 0 bridgehead atoms. The van der Waals surface area contributed by atoms with Crippen molar-refractivity contribution in [1.29, 1.82) is 0 Å². The molecule has 0 N–H and O–H groups in total. The van der Waals surface area contributed by atoms with Gasteiger partial charge in [0.05, 0.1) is 22.7 Å². The molecule has 0 amide bonds. The third kappa shape index (κ3) is 12.6. The fourth-order valence-electron chi connectivity index (χ4n) is 11.4. The lowest BCUT2D eigenvalue weighted by Crippen LogP contribution is -2.27. The molecule has 21 heteroatoms. The molecule has 9 aromatic heterocycles. The molecule has 3 aliphatic heterocycles. The number of nitrogens with zero attached hydrogens (tertiary/aromatic N) is 12. The number of aryl methyl sites for hydroxylation is 9. The van der Waals surface area contributed by atoms with Crippen LogP contribution in [-0.4, -0.2) is 99.1 Å². The fourth-order valence-corrected chi connectivity index (χ4v) is 11.4. The minimum Gasteiger partial charge on any atom is -0.343 e. The molecule has 0 aliphatic carbocycles. The summed E-state index contributed by atoms with van der Waals surface area (Å²) in [5.41, 5.74) is 15.0. The minimum absolute atomic E-state index is 0.618. The minimum atomic E-state index is -4.40. The number of pyridine rings is 6. The molecule has 0 aromatic carbocycles. The predicted octanol–water partition coefficient (Wildman–Crippen LogP) is 12.0. The van der Waals surface area contributed by atoms with Gasteiger partial charge >= 0.3 is 18.5 Å². The average molecular weight is 1120 g/mol. The smallest absolute Gasteiger partial charge is 0.343 e. The summed E-state index contributed by atoms with van der Waals surface area (Å²) in [5, 5.41) is 2.41. The Kier molecular flexibility index (Phi) is 16.2. The zero-order valence-corrected chi connectivity index (χ0v) is 46.0. The summed E-state index contributed by atoms with van der Waals surface area (Å²) >= 11 is 0. The Morgan fingerprint density at radius 1 is 0.432 bits per heavy atom. The highest BCUT2D eigenvalue weighted by atomic mass is 19.4. The molecule has 0 atom stereocenters. The predicted molar refractivity (Wildman–Crippen MR) is 292 cm³/mol. The van der Waals surface area contributed by atoms with Crippen molar-refractivity contribution in [2.75, 3.05) is 40.8 Å². The van der Waals surface area contributed by atoms with Gasteiger partial charge in [-0.2, -0.15) is 39.5 Å². The van der Waals surface area contributed by atoms with Gasteiger partial charge in [-0.1, -0.05) is 18.2 Å². The molecule has 9 aromatic rings. The van der Waals surface area contributed by atoms with Crippen molar-refractivity contribution < 1.29 is 39.5 Å². The van der Waals surface area contributed by atoms with Gasteiger partial charge in [-0.25, -0.2) is 4.98 Å². The molecule has 12 nitrogen and oxygen atoms in total. The molecule has 0 unspecified atom stereocenters. The van der Waals surface area contributed by atoms with Gasteiger partial charge in [-0.3, -0.25) is 24.9 Å². The monoisotopic (exact) mass is 1120 g/mol. The number of hydrogen-bond acceptors (Lipinski definition) is 9. The second kappa shape index (κ2) is 23.0. The number of hydrogen-bond donors (Lipinski definition) is 0. The van der Waals surface area contributed by atoms with Crippen molar-refractivity contribution in [2.45, 2.75) is 117 Å². The lowest BCUT2D eigenvalue weighted by atomic mass is 10.1. The summed E-state index contributed by atoms with van der Waals surface area (Å²) in [6, 6.07) is 16.1. The molecular formula is C60H63F9N12. The normalized spacial score (nSPS) is 15.3. The molecule has 0 saturated heterocycles. The van der Waals surface area contributed by atoms with Crippen LogP contribution in [0.2, 0.25) is 0 Å². The van der Waals surface area contributed by atoms with Gasteiger partial charge in [0.2, 0.25) is 0 Å². The number of likely N-dealkylation sites (N-methyl/N-ethyl adjacent to an activating group) is 3. The van der Waals surface area contributed by atoms with Gasteiger partial charge in [-0.05, 0) is 137 Å². The van der Waals surface area contributed by atoms with E-state index in [1.165, 1.54) is 81.3 Å². The Balaban J connectivity index is 0.000000136. The Labute approximate surface area is 463 Å². The Morgan fingerprint density at radius 3 is 1.36 bits per heavy atom. The third-order valence-corrected chi connectivity index (χ3v) is 15.5. The van der Waals surface area contributed by atoms with Crippen LogP contribution in [0.15, 0.2) is 91.6 Å². The Bertz CT molecular complexity index is 3300. The summed E-state index contributed by atoms with van der Waals surface area (Å²) in [4.78, 5) is 31.4. The van der Waals surface area contributed by atoms with Crippen LogP contribution in [0.25, 0.3) is 33.0 Å². The van der Waals surface area contributed by atoms with Crippen LogP contribution >= 0.6 is 0 Å². The number of halogens is 9. The topological polar surface area (TPSA) is 102 Å². The van der Waals surface area contributed by atoms with Crippen molar-refractivity contribution in [2.24, 2.45) is 0 Å². The van der Waals surface area contributed by atoms with Gasteiger partial charge < -0.3 is 28.4 Å². The number of fused-ring (bicyclic) bond motifs is 9. The molecule has 3 aliphatic rings. The lowest BCUT2D eigenvalue weighted by molar-refractivity contribution is -0.142. The number of rotatable bonds is 9. The highest BCUT2D eigenvalue weighted by Gasteiger charge is 2.34. The average Bonchev–Trinajstić information content (AvgIpc) is 4.18. The van der Waals surface area contributed by atoms with Gasteiger partial charge in [0.25, 0.3) is 0 Å². The van der Waals surface area contributed by atoms with Crippen LogP contribution in [0.3, 0.4) is 0 Å². The van der Waals surface area contributed by atoms with Crippen molar-refractivity contribution in [3.8, 4) is 0 Å². The standard InChI is InChI=1S/3C20H21F3N4/c1-13-3-5-17-19(25-13)15-12-26(2)9-8-16(15)27(17)10-7-14-4-6-18(24-11-14)20(21,22)23;1-13-9-15-16-12-26(2)7-6-17(16)27(18(15)11-24-13)8-5-14-3-4-19(25-10-14)20(21,22)23;1-13-9-15-16-12-26(2)7-6-17(16)27(19(15)25-10-13)8-5-14-3-4-18(24-11-14)20(21,22)23/h3-6,11H,7-10,12H2,1-2H3;2*3-4,9-11H,5-8,12H2,1-2H3. The Morgan fingerprint density at radius 2 is 0.877 bits per heavy atom. The van der Waals surface area contributed by atoms with E-state index in [4.69, 9.17) is 4.98 Å². The molecule has 0 spiro atoms. The first-order chi connectivity index (χ1) is 38.5. The van der Waals surface area contributed by atoms with Crippen molar-refractivity contribution >= 4 is 33.0 Å². The molecule has 81 heavy (non-hydrogen) atoms. The van der Waals surface area contributed by atoms with E-state index < -0.39 is 35.6 Å². The first-order valence-electron chi connectivity index (χ1n) is 27.0. The maximum atomic E-state index is 12.7. The van der Waals surface area contributed by atoms with E-state index in [-0.39, 0.29) is 0 Å². The number of aromatic nitrogens is 9. The van der Waals surface area contributed by atoms with Crippen molar-refractivity contribution in [3.63, 3.8) is 0 Å². The maximum absolute atomic E-state index is 12.7. The van der Waals surface area contributed by atoms with Crippen LogP contribution in [0.4, 0.5) is 39.5 Å². The molecular weight excluding hydrogens is 1060 g/mol. The van der Waals surface area contributed by atoms with Crippen LogP contribution in [0, 0.1) is 20.8 Å². The van der Waals surface area contributed by atoms with E-state index in [0.29, 0.717) is 38.9 Å². The van der Waals surface area contributed by atoms with Crippen LogP contribution < -0.4 is 0 Å². The summed E-state index contributed by atoms with van der Waals surface area (Å²) < 4.78 is 121. The quantitative estimate of drug-likeness (QED) is 0.131. The van der Waals surface area contributed by atoms with Gasteiger partial charge in [0.1, 0.15) is 22.7 Å². The highest BCUT2D eigenvalue weighted by Crippen LogP contribution is 2.35. The number of alkyl halides is 9. The van der Waals surface area contributed by atoms with E-state index in [0.717, 1.165) is 133 Å². The molecule has 426 valence electrons. The zero-order chi connectivity index (χ0) is 57.5. The van der Waals surface area contributed by atoms with E-state index in [9.17, 15) is 39.5 Å². The fraction of sp³-hybridized carbons (Fsp3) is 0.400. The van der Waals surface area contributed by atoms with Crippen LogP contribution in [0.1, 0.15) is 84.5 Å². The van der Waals surface area contributed by atoms with E-state index in [2.05, 4.69) is 92.7 Å². The lowest BCUT2D eigenvalue weighted by Gasteiger charge is -2.24. The van der Waals surface area contributed by atoms with Gasteiger partial charge in [0, 0.05) is 148 Å². The SMILES string of the molecule is Cc1cc2c3c(n(CCc4ccc(C(F)(F)F)nc4)c2cn1)CCN(C)C3.Cc1ccc2c(n1)c1c(n2CCc2ccc(C(F)(F)F)nc2)CCN(C)C1.Cc1cnc2c(c1)c1c(n2CCc2ccc(C(F)(F)F)nc2)CCN(C)C1. The van der Waals surface area contributed by atoms with Crippen molar-refractivity contribution in [3.05, 3.63) is 176 Å². The van der Waals surface area contributed by atoms with E-state index in [1.54, 1.807) is 0 Å². The maximum Gasteiger partial charge on any atom is 0.433 e. The van der Waals surface area contributed by atoms with Gasteiger partial charge in [-0.15, -0.1) is 0 Å². The zero-order valence-electron chi connectivity index (χ0n) is 46.0. The molecule has 0 fully saturated rings. The molecule has 0 saturated carbocycles. The first kappa shape index (κ1) is 57.0. The van der Waals surface area contributed by atoms with E-state index in [1.807, 2.05) is 39.2 Å².